The second-order valence-corrected chi connectivity index (χ2v) is 6.20. The maximum atomic E-state index is 13.9. The lowest BCUT2D eigenvalue weighted by atomic mass is 10.1. The zero-order valence-electron chi connectivity index (χ0n) is 14.2. The molecule has 3 aromatic rings. The van der Waals surface area contributed by atoms with Crippen LogP contribution in [0.3, 0.4) is 0 Å². The highest BCUT2D eigenvalue weighted by Crippen LogP contribution is 2.30. The minimum Gasteiger partial charge on any atom is -0.432 e. The maximum Gasteiger partial charge on any atom is 0.257 e. The van der Waals surface area contributed by atoms with Gasteiger partial charge in [-0.3, -0.25) is 4.79 Å². The Kier molecular flexibility index (Phi) is 5.66. The van der Waals surface area contributed by atoms with Gasteiger partial charge in [0.05, 0.1) is 11.1 Å². The molecular formula is C20H15ClF2N2O2. The third-order valence-corrected chi connectivity index (χ3v) is 4.03. The Morgan fingerprint density at radius 2 is 1.78 bits per heavy atom. The summed E-state index contributed by atoms with van der Waals surface area (Å²) in [6.45, 7) is 1.81. The molecule has 0 spiro atoms. The number of benzene rings is 2. The van der Waals surface area contributed by atoms with E-state index in [-0.39, 0.29) is 22.5 Å². The lowest BCUT2D eigenvalue weighted by Gasteiger charge is -2.16. The predicted octanol–water partition coefficient (Wildman–Crippen LogP) is 5.30. The average molecular weight is 389 g/mol. The first-order chi connectivity index (χ1) is 13.0. The van der Waals surface area contributed by atoms with Gasteiger partial charge in [0, 0.05) is 6.20 Å². The van der Waals surface area contributed by atoms with E-state index in [0.717, 1.165) is 17.7 Å². The Morgan fingerprint density at radius 3 is 2.44 bits per heavy atom. The Hall–Kier alpha value is -2.99. The molecule has 1 heterocycles. The molecule has 0 saturated carbocycles. The first-order valence-electron chi connectivity index (χ1n) is 8.09. The van der Waals surface area contributed by atoms with E-state index in [1.807, 2.05) is 37.3 Å². The average Bonchev–Trinajstić information content (AvgIpc) is 2.66. The van der Waals surface area contributed by atoms with Crippen LogP contribution in [0.1, 0.15) is 28.9 Å². The number of carbonyl (C=O) groups excluding carboxylic acids is 1. The zero-order chi connectivity index (χ0) is 19.4. The Morgan fingerprint density at radius 1 is 1.11 bits per heavy atom. The fourth-order valence-electron chi connectivity index (χ4n) is 2.45. The summed E-state index contributed by atoms with van der Waals surface area (Å²) >= 11 is 5.93. The number of aromatic nitrogens is 1. The number of ether oxygens (including phenoxy) is 1. The fourth-order valence-corrected chi connectivity index (χ4v) is 2.60. The maximum absolute atomic E-state index is 13.9. The molecule has 0 radical (unpaired) electrons. The zero-order valence-corrected chi connectivity index (χ0v) is 15.0. The van der Waals surface area contributed by atoms with Gasteiger partial charge in [0.15, 0.2) is 11.6 Å². The largest absolute Gasteiger partial charge is 0.432 e. The van der Waals surface area contributed by atoms with E-state index in [1.165, 1.54) is 18.3 Å². The molecular weight excluding hydrogens is 374 g/mol. The van der Waals surface area contributed by atoms with Crippen molar-refractivity contribution in [3.63, 3.8) is 0 Å². The number of halogens is 3. The number of rotatable bonds is 5. The van der Waals surface area contributed by atoms with Crippen molar-refractivity contribution in [2.24, 2.45) is 0 Å². The third kappa shape index (κ3) is 4.41. The van der Waals surface area contributed by atoms with Gasteiger partial charge in [0.25, 0.3) is 5.91 Å². The summed E-state index contributed by atoms with van der Waals surface area (Å²) in [5, 5.41) is 2.98. The van der Waals surface area contributed by atoms with Crippen molar-refractivity contribution in [3.05, 3.63) is 88.6 Å². The van der Waals surface area contributed by atoms with Gasteiger partial charge in [0.2, 0.25) is 11.6 Å². The molecule has 3 rings (SSSR count). The van der Waals surface area contributed by atoms with Crippen LogP contribution in [0.4, 0.5) is 8.78 Å². The molecule has 2 aromatic carbocycles. The van der Waals surface area contributed by atoms with Crippen LogP contribution in [0.5, 0.6) is 11.6 Å². The molecule has 0 unspecified atom stereocenters. The molecule has 4 nitrogen and oxygen atoms in total. The molecule has 7 heteroatoms. The number of nitrogens with zero attached hydrogens (tertiary/aromatic N) is 1. The second kappa shape index (κ2) is 8.14. The summed E-state index contributed by atoms with van der Waals surface area (Å²) in [5.74, 6) is -3.24. The van der Waals surface area contributed by atoms with Crippen molar-refractivity contribution in [1.29, 1.82) is 0 Å². The molecule has 0 fully saturated rings. The van der Waals surface area contributed by atoms with Gasteiger partial charge in [0.1, 0.15) is 5.56 Å². The van der Waals surface area contributed by atoms with E-state index in [1.54, 1.807) is 0 Å². The smallest absolute Gasteiger partial charge is 0.257 e. The van der Waals surface area contributed by atoms with Crippen molar-refractivity contribution in [3.8, 4) is 11.6 Å². The lowest BCUT2D eigenvalue weighted by Crippen LogP contribution is -2.27. The summed E-state index contributed by atoms with van der Waals surface area (Å²) < 4.78 is 33.0. The molecule has 27 heavy (non-hydrogen) atoms. The number of hydrogen-bond acceptors (Lipinski definition) is 3. The summed E-state index contributed by atoms with van der Waals surface area (Å²) in [6.07, 6.45) is 1.23. The minimum absolute atomic E-state index is 0.0343. The quantitative estimate of drug-likeness (QED) is 0.645. The monoisotopic (exact) mass is 388 g/mol. The standard InChI is InChI=1S/C20H15ClF2N2O2/c1-12(13-6-3-2-4-7-13)25-19(26)15-10-14(21)11-24-20(15)27-18-16(22)8-5-9-17(18)23/h2-12H,1H3,(H,25,26)/t12-/m0/s1. The summed E-state index contributed by atoms with van der Waals surface area (Å²) in [6, 6.07) is 13.6. The van der Waals surface area contributed by atoms with Crippen LogP contribution in [-0.4, -0.2) is 10.9 Å². The van der Waals surface area contributed by atoms with E-state index in [4.69, 9.17) is 16.3 Å². The first kappa shape index (κ1) is 18.8. The summed E-state index contributed by atoms with van der Waals surface area (Å²) in [7, 11) is 0. The van der Waals surface area contributed by atoms with Crippen LogP contribution < -0.4 is 10.1 Å². The van der Waals surface area contributed by atoms with E-state index in [2.05, 4.69) is 10.3 Å². The van der Waals surface area contributed by atoms with E-state index in [0.29, 0.717) is 0 Å². The van der Waals surface area contributed by atoms with Crippen LogP contribution in [-0.2, 0) is 0 Å². The van der Waals surface area contributed by atoms with Crippen molar-refractivity contribution < 1.29 is 18.3 Å². The number of pyridine rings is 1. The summed E-state index contributed by atoms with van der Waals surface area (Å²) in [5.41, 5.74) is 0.858. The number of hydrogen-bond donors (Lipinski definition) is 1. The molecule has 0 saturated heterocycles. The van der Waals surface area contributed by atoms with Crippen molar-refractivity contribution in [1.82, 2.24) is 10.3 Å². The van der Waals surface area contributed by atoms with Gasteiger partial charge in [-0.2, -0.15) is 0 Å². The Bertz CT molecular complexity index is 947. The van der Waals surface area contributed by atoms with Gasteiger partial charge in [-0.15, -0.1) is 0 Å². The molecule has 1 N–H and O–H groups in total. The van der Waals surface area contributed by atoms with Crippen molar-refractivity contribution >= 4 is 17.5 Å². The topological polar surface area (TPSA) is 51.2 Å². The molecule has 1 atom stereocenters. The number of amides is 1. The van der Waals surface area contributed by atoms with Crippen molar-refractivity contribution in [2.75, 3.05) is 0 Å². The van der Waals surface area contributed by atoms with Crippen molar-refractivity contribution in [2.45, 2.75) is 13.0 Å². The van der Waals surface area contributed by atoms with Crippen LogP contribution in [0.15, 0.2) is 60.8 Å². The second-order valence-electron chi connectivity index (χ2n) is 5.76. The summed E-state index contributed by atoms with van der Waals surface area (Å²) in [4.78, 5) is 16.6. The van der Waals surface area contributed by atoms with Gasteiger partial charge in [-0.05, 0) is 30.7 Å². The molecule has 138 valence electrons. The van der Waals surface area contributed by atoms with Crippen LogP contribution in [0.25, 0.3) is 0 Å². The highest BCUT2D eigenvalue weighted by atomic mass is 35.5. The molecule has 1 aromatic heterocycles. The highest BCUT2D eigenvalue weighted by Gasteiger charge is 2.20. The minimum atomic E-state index is -0.907. The van der Waals surface area contributed by atoms with E-state index >= 15 is 0 Å². The fraction of sp³-hybridized carbons (Fsp3) is 0.100. The number of carbonyl (C=O) groups is 1. The van der Waals surface area contributed by atoms with Gasteiger partial charge in [-0.25, -0.2) is 13.8 Å². The number of para-hydroxylation sites is 1. The number of nitrogens with one attached hydrogen (secondary N) is 1. The van der Waals surface area contributed by atoms with Crippen LogP contribution in [0.2, 0.25) is 5.02 Å². The van der Waals surface area contributed by atoms with Crippen LogP contribution in [0, 0.1) is 11.6 Å². The highest BCUT2D eigenvalue weighted by molar-refractivity contribution is 6.30. The van der Waals surface area contributed by atoms with Crippen LogP contribution >= 0.6 is 11.6 Å². The molecule has 0 aliphatic rings. The lowest BCUT2D eigenvalue weighted by molar-refractivity contribution is 0.0936. The van der Waals surface area contributed by atoms with Gasteiger partial charge < -0.3 is 10.1 Å². The predicted molar refractivity (Wildman–Crippen MR) is 98.0 cm³/mol. The third-order valence-electron chi connectivity index (χ3n) is 3.83. The first-order valence-corrected chi connectivity index (χ1v) is 8.46. The normalized spacial score (nSPS) is 11.7. The van der Waals surface area contributed by atoms with E-state index in [9.17, 15) is 13.6 Å². The Labute approximate surface area is 159 Å². The van der Waals surface area contributed by atoms with Gasteiger partial charge in [-0.1, -0.05) is 48.0 Å². The SMILES string of the molecule is C[C@H](NC(=O)c1cc(Cl)cnc1Oc1c(F)cccc1F)c1ccccc1. The van der Waals surface area contributed by atoms with E-state index < -0.39 is 23.3 Å². The molecule has 1 amide bonds. The Balaban J connectivity index is 1.89. The molecule has 0 bridgehead atoms. The molecule has 0 aliphatic heterocycles. The van der Waals surface area contributed by atoms with Gasteiger partial charge >= 0.3 is 0 Å². The molecule has 0 aliphatic carbocycles.